The second-order valence-corrected chi connectivity index (χ2v) is 6.95. The van der Waals surface area contributed by atoms with E-state index >= 15 is 0 Å². The quantitative estimate of drug-likeness (QED) is 0.307. The van der Waals surface area contributed by atoms with Crippen molar-refractivity contribution in [3.8, 4) is 11.3 Å². The SMILES string of the molecule is O=C(Nc1ccc(CN=C=S)cc1)c1ccc(Nc2nccc(-c3cccnc3)n2)cc1. The van der Waals surface area contributed by atoms with Gasteiger partial charge in [0.15, 0.2) is 0 Å². The second kappa shape index (κ2) is 10.2. The Bertz CT molecular complexity index is 1250. The number of carbonyl (C=O) groups excluding carboxylic acids is 1. The standard InChI is InChI=1S/C24H18N6OS/c31-23(28-20-7-3-17(4-8-20)14-26-16-32)18-5-9-21(10-6-18)29-24-27-13-11-22(30-24)19-2-1-12-25-15-19/h1-13,15H,14H2,(H,28,31)(H,27,29,30). The third kappa shape index (κ3) is 5.46. The number of thiocarbonyl (C=S) groups is 1. The Hall–Kier alpha value is -4.26. The van der Waals surface area contributed by atoms with Gasteiger partial charge in [0.05, 0.1) is 17.4 Å². The summed E-state index contributed by atoms with van der Waals surface area (Å²) < 4.78 is 0. The van der Waals surface area contributed by atoms with Gasteiger partial charge in [-0.2, -0.15) is 0 Å². The van der Waals surface area contributed by atoms with Crippen LogP contribution in [0.5, 0.6) is 0 Å². The molecule has 0 aliphatic rings. The number of nitrogens with one attached hydrogen (secondary N) is 2. The Morgan fingerprint density at radius 3 is 2.47 bits per heavy atom. The molecule has 156 valence electrons. The van der Waals surface area contributed by atoms with E-state index in [4.69, 9.17) is 0 Å². The molecule has 0 atom stereocenters. The molecule has 2 heterocycles. The van der Waals surface area contributed by atoms with E-state index in [1.807, 2.05) is 42.5 Å². The number of carbonyl (C=O) groups is 1. The highest BCUT2D eigenvalue weighted by molar-refractivity contribution is 7.78. The summed E-state index contributed by atoms with van der Waals surface area (Å²) in [5.41, 5.74) is 4.68. The molecule has 0 aliphatic carbocycles. The zero-order valence-corrected chi connectivity index (χ0v) is 17.7. The number of hydrogen-bond acceptors (Lipinski definition) is 7. The Morgan fingerprint density at radius 2 is 1.75 bits per heavy atom. The maximum atomic E-state index is 12.5. The van der Waals surface area contributed by atoms with Gasteiger partial charge in [0.25, 0.3) is 5.91 Å². The van der Waals surface area contributed by atoms with Crippen LogP contribution >= 0.6 is 12.2 Å². The molecule has 0 spiro atoms. The molecule has 0 aliphatic heterocycles. The minimum atomic E-state index is -0.198. The smallest absolute Gasteiger partial charge is 0.255 e. The van der Waals surface area contributed by atoms with E-state index in [-0.39, 0.29) is 5.91 Å². The fraction of sp³-hybridized carbons (Fsp3) is 0.0417. The molecule has 0 radical (unpaired) electrons. The molecule has 8 heteroatoms. The number of aliphatic imine (C=N–C) groups is 1. The summed E-state index contributed by atoms with van der Waals surface area (Å²) in [6.45, 7) is 0.473. The van der Waals surface area contributed by atoms with Gasteiger partial charge in [-0.3, -0.25) is 9.78 Å². The Labute approximate surface area is 190 Å². The van der Waals surface area contributed by atoms with Crippen molar-refractivity contribution < 1.29 is 4.79 Å². The third-order valence-electron chi connectivity index (χ3n) is 4.55. The topological polar surface area (TPSA) is 92.2 Å². The van der Waals surface area contributed by atoms with E-state index in [9.17, 15) is 4.79 Å². The summed E-state index contributed by atoms with van der Waals surface area (Å²) in [5, 5.41) is 8.37. The molecule has 4 aromatic rings. The van der Waals surface area contributed by atoms with Crippen molar-refractivity contribution in [2.24, 2.45) is 4.99 Å². The lowest BCUT2D eigenvalue weighted by Crippen LogP contribution is -2.11. The predicted molar refractivity (Wildman–Crippen MR) is 128 cm³/mol. The zero-order chi connectivity index (χ0) is 22.2. The maximum Gasteiger partial charge on any atom is 0.255 e. The molecule has 0 bridgehead atoms. The molecule has 7 nitrogen and oxygen atoms in total. The number of pyridine rings is 1. The number of rotatable bonds is 7. The molecule has 1 amide bonds. The lowest BCUT2D eigenvalue weighted by Gasteiger charge is -2.09. The minimum Gasteiger partial charge on any atom is -0.324 e. The summed E-state index contributed by atoms with van der Waals surface area (Å²) in [7, 11) is 0. The fourth-order valence-electron chi connectivity index (χ4n) is 2.95. The van der Waals surface area contributed by atoms with Gasteiger partial charge >= 0.3 is 0 Å². The molecule has 4 rings (SSSR count). The molecular weight excluding hydrogens is 420 g/mol. The Kier molecular flexibility index (Phi) is 6.67. The van der Waals surface area contributed by atoms with Crippen LogP contribution in [-0.2, 0) is 6.54 Å². The lowest BCUT2D eigenvalue weighted by atomic mass is 10.1. The molecule has 0 unspecified atom stereocenters. The van der Waals surface area contributed by atoms with Gasteiger partial charge in [0.1, 0.15) is 0 Å². The van der Waals surface area contributed by atoms with Crippen LogP contribution in [0.25, 0.3) is 11.3 Å². The highest BCUT2D eigenvalue weighted by atomic mass is 32.1. The normalized spacial score (nSPS) is 10.1. The fourth-order valence-corrected chi connectivity index (χ4v) is 3.01. The van der Waals surface area contributed by atoms with Crippen LogP contribution in [0.3, 0.4) is 0 Å². The molecule has 2 aromatic carbocycles. The summed E-state index contributed by atoms with van der Waals surface area (Å²) in [4.78, 5) is 29.3. The number of aromatic nitrogens is 3. The zero-order valence-electron chi connectivity index (χ0n) is 16.9. The maximum absolute atomic E-state index is 12.5. The van der Waals surface area contributed by atoms with Crippen LogP contribution in [0.2, 0.25) is 0 Å². The van der Waals surface area contributed by atoms with Crippen LogP contribution in [0.15, 0.2) is 90.3 Å². The van der Waals surface area contributed by atoms with E-state index in [1.165, 1.54) is 0 Å². The number of anilines is 3. The predicted octanol–water partition coefficient (Wildman–Crippen LogP) is 5.14. The third-order valence-corrected chi connectivity index (χ3v) is 4.68. The van der Waals surface area contributed by atoms with Gasteiger partial charge < -0.3 is 10.6 Å². The first-order valence-electron chi connectivity index (χ1n) is 9.76. The first kappa shape index (κ1) is 21.0. The average Bonchev–Trinajstić information content (AvgIpc) is 2.85. The van der Waals surface area contributed by atoms with Crippen molar-refractivity contribution in [3.05, 3.63) is 96.4 Å². The van der Waals surface area contributed by atoms with Crippen LogP contribution in [-0.4, -0.2) is 26.0 Å². The van der Waals surface area contributed by atoms with Crippen LogP contribution in [0, 0.1) is 0 Å². The first-order valence-corrected chi connectivity index (χ1v) is 10.2. The van der Waals surface area contributed by atoms with Crippen LogP contribution in [0.1, 0.15) is 15.9 Å². The molecule has 2 aromatic heterocycles. The minimum absolute atomic E-state index is 0.198. The highest BCUT2D eigenvalue weighted by Crippen LogP contribution is 2.19. The van der Waals surface area contributed by atoms with Gasteiger partial charge in [-0.25, -0.2) is 15.0 Å². The molecule has 0 saturated carbocycles. The number of nitrogens with zero attached hydrogens (tertiary/aromatic N) is 4. The van der Waals surface area contributed by atoms with Crippen LogP contribution in [0.4, 0.5) is 17.3 Å². The van der Waals surface area contributed by atoms with Gasteiger partial charge in [-0.15, -0.1) is 0 Å². The largest absolute Gasteiger partial charge is 0.324 e. The van der Waals surface area contributed by atoms with E-state index in [0.29, 0.717) is 23.7 Å². The number of benzene rings is 2. The van der Waals surface area contributed by atoms with Crippen LogP contribution < -0.4 is 10.6 Å². The van der Waals surface area contributed by atoms with E-state index in [2.05, 4.69) is 48.0 Å². The van der Waals surface area contributed by atoms with Crippen molar-refractivity contribution in [3.63, 3.8) is 0 Å². The van der Waals surface area contributed by atoms with Gasteiger partial charge in [0, 0.05) is 41.1 Å². The average molecular weight is 439 g/mol. The van der Waals surface area contributed by atoms with E-state index < -0.39 is 0 Å². The molecule has 32 heavy (non-hydrogen) atoms. The number of isothiocyanates is 1. The Balaban J connectivity index is 1.40. The molecule has 0 saturated heterocycles. The number of hydrogen-bond donors (Lipinski definition) is 2. The van der Waals surface area contributed by atoms with Crippen molar-refractivity contribution in [2.75, 3.05) is 10.6 Å². The molecule has 2 N–H and O–H groups in total. The van der Waals surface area contributed by atoms with Crippen molar-refractivity contribution in [1.29, 1.82) is 0 Å². The van der Waals surface area contributed by atoms with E-state index in [1.54, 1.807) is 42.9 Å². The summed E-state index contributed by atoms with van der Waals surface area (Å²) in [5.74, 6) is 0.262. The van der Waals surface area contributed by atoms with E-state index in [0.717, 1.165) is 22.5 Å². The number of amides is 1. The Morgan fingerprint density at radius 1 is 0.969 bits per heavy atom. The second-order valence-electron chi connectivity index (χ2n) is 6.77. The summed E-state index contributed by atoms with van der Waals surface area (Å²) >= 11 is 4.57. The lowest BCUT2D eigenvalue weighted by molar-refractivity contribution is 0.102. The molecule has 0 fully saturated rings. The summed E-state index contributed by atoms with van der Waals surface area (Å²) in [6, 6.07) is 20.2. The summed E-state index contributed by atoms with van der Waals surface area (Å²) in [6.07, 6.45) is 5.15. The molecular formula is C24H18N6OS. The van der Waals surface area contributed by atoms with Gasteiger partial charge in [-0.1, -0.05) is 12.1 Å². The monoisotopic (exact) mass is 438 g/mol. The van der Waals surface area contributed by atoms with Crippen molar-refractivity contribution >= 4 is 40.6 Å². The van der Waals surface area contributed by atoms with Crippen molar-refractivity contribution in [1.82, 2.24) is 15.0 Å². The van der Waals surface area contributed by atoms with Crippen molar-refractivity contribution in [2.45, 2.75) is 6.54 Å². The first-order chi connectivity index (χ1) is 15.7. The van der Waals surface area contributed by atoms with Gasteiger partial charge in [0.2, 0.25) is 5.95 Å². The highest BCUT2D eigenvalue weighted by Gasteiger charge is 2.07. The van der Waals surface area contributed by atoms with Gasteiger partial charge in [-0.05, 0) is 72.4 Å².